The lowest BCUT2D eigenvalue weighted by Gasteiger charge is -2.16. The van der Waals surface area contributed by atoms with Gasteiger partial charge in [0.2, 0.25) is 5.91 Å². The van der Waals surface area contributed by atoms with E-state index in [0.29, 0.717) is 23.6 Å². The molecule has 0 bridgehead atoms. The van der Waals surface area contributed by atoms with E-state index in [0.717, 1.165) is 62.2 Å². The van der Waals surface area contributed by atoms with Gasteiger partial charge in [-0.25, -0.2) is 4.79 Å². The van der Waals surface area contributed by atoms with Crippen LogP contribution < -0.4 is 10.6 Å². The quantitative estimate of drug-likeness (QED) is 0.438. The van der Waals surface area contributed by atoms with Gasteiger partial charge in [0.1, 0.15) is 5.00 Å². The van der Waals surface area contributed by atoms with Crippen molar-refractivity contribution in [3.05, 3.63) is 16.0 Å². The number of nitrogens with zero attached hydrogens (tertiary/aromatic N) is 1. The maximum Gasteiger partial charge on any atom is 0.341 e. The predicted molar refractivity (Wildman–Crippen MR) is 107 cm³/mol. The second-order valence-electron chi connectivity index (χ2n) is 6.63. The lowest BCUT2D eigenvalue weighted by Crippen LogP contribution is -2.33. The molecule has 26 heavy (non-hydrogen) atoms. The number of esters is 1. The van der Waals surface area contributed by atoms with Gasteiger partial charge in [0.15, 0.2) is 5.11 Å². The molecule has 1 saturated heterocycles. The van der Waals surface area contributed by atoms with Crippen LogP contribution in [0.2, 0.25) is 0 Å². The maximum absolute atomic E-state index is 12.2. The molecule has 0 radical (unpaired) electrons. The maximum atomic E-state index is 12.2. The van der Waals surface area contributed by atoms with Gasteiger partial charge in [-0.1, -0.05) is 0 Å². The highest BCUT2D eigenvalue weighted by atomic mass is 32.1. The summed E-state index contributed by atoms with van der Waals surface area (Å²) >= 11 is 6.98. The molecule has 2 N–H and O–H groups in total. The zero-order chi connectivity index (χ0) is 18.5. The summed E-state index contributed by atoms with van der Waals surface area (Å²) in [4.78, 5) is 27.0. The number of amides is 1. The van der Waals surface area contributed by atoms with Crippen LogP contribution in [0.25, 0.3) is 0 Å². The van der Waals surface area contributed by atoms with Crippen LogP contribution in [-0.2, 0) is 22.4 Å². The van der Waals surface area contributed by atoms with Crippen molar-refractivity contribution in [1.82, 2.24) is 10.2 Å². The number of rotatable bonds is 6. The summed E-state index contributed by atoms with van der Waals surface area (Å²) < 4.78 is 4.98. The van der Waals surface area contributed by atoms with Crippen molar-refractivity contribution in [3.8, 4) is 0 Å². The minimum Gasteiger partial charge on any atom is -0.465 e. The highest BCUT2D eigenvalue weighted by Crippen LogP contribution is 2.38. The van der Waals surface area contributed by atoms with Gasteiger partial charge in [-0.3, -0.25) is 4.79 Å². The molecule has 0 unspecified atom stereocenters. The average molecular weight is 396 g/mol. The third kappa shape index (κ3) is 4.35. The van der Waals surface area contributed by atoms with Crippen LogP contribution in [0.1, 0.15) is 52.9 Å². The zero-order valence-electron chi connectivity index (χ0n) is 15.1. The Morgan fingerprint density at radius 3 is 2.81 bits per heavy atom. The molecular weight excluding hydrogens is 370 g/mol. The number of carbonyl (C=O) groups excluding carboxylic acids is 2. The molecule has 142 valence electrons. The van der Waals surface area contributed by atoms with Crippen LogP contribution in [0.5, 0.6) is 0 Å². The van der Waals surface area contributed by atoms with Crippen molar-refractivity contribution >= 4 is 45.5 Å². The van der Waals surface area contributed by atoms with Crippen molar-refractivity contribution in [1.29, 1.82) is 0 Å². The lowest BCUT2D eigenvalue weighted by atomic mass is 9.95. The molecule has 2 aliphatic rings. The van der Waals surface area contributed by atoms with Gasteiger partial charge in [-0.15, -0.1) is 11.3 Å². The summed E-state index contributed by atoms with van der Waals surface area (Å²) in [6.45, 7) is 2.31. The van der Waals surface area contributed by atoms with Gasteiger partial charge in [0, 0.05) is 30.9 Å². The Balaban J connectivity index is 1.54. The van der Waals surface area contributed by atoms with E-state index in [1.54, 1.807) is 11.3 Å². The first-order valence-corrected chi connectivity index (χ1v) is 10.4. The number of aryl methyl sites for hydroxylation is 1. The summed E-state index contributed by atoms with van der Waals surface area (Å²) in [6.07, 6.45) is 6.67. The van der Waals surface area contributed by atoms with Crippen molar-refractivity contribution in [3.63, 3.8) is 0 Å². The summed E-state index contributed by atoms with van der Waals surface area (Å²) in [5, 5.41) is 7.62. The van der Waals surface area contributed by atoms with Crippen LogP contribution in [0, 0.1) is 0 Å². The van der Waals surface area contributed by atoms with Gasteiger partial charge in [-0.05, 0) is 56.3 Å². The van der Waals surface area contributed by atoms with E-state index in [1.165, 1.54) is 12.0 Å². The molecule has 0 saturated carbocycles. The van der Waals surface area contributed by atoms with Crippen LogP contribution in [0.15, 0.2) is 0 Å². The molecular formula is C18H25N3O3S2. The van der Waals surface area contributed by atoms with E-state index >= 15 is 0 Å². The molecule has 8 heteroatoms. The van der Waals surface area contributed by atoms with Crippen molar-refractivity contribution in [2.75, 3.05) is 32.1 Å². The Bertz CT molecular complexity index is 702. The number of methoxy groups -OCH3 is 1. The summed E-state index contributed by atoms with van der Waals surface area (Å²) in [7, 11) is 1.41. The minimum absolute atomic E-state index is 0.248. The van der Waals surface area contributed by atoms with Gasteiger partial charge >= 0.3 is 5.97 Å². The van der Waals surface area contributed by atoms with Crippen LogP contribution in [0.4, 0.5) is 5.00 Å². The summed E-state index contributed by atoms with van der Waals surface area (Å²) in [5.41, 5.74) is 1.75. The van der Waals surface area contributed by atoms with Gasteiger partial charge < -0.3 is 20.3 Å². The van der Waals surface area contributed by atoms with E-state index in [-0.39, 0.29) is 11.9 Å². The van der Waals surface area contributed by atoms with Crippen molar-refractivity contribution < 1.29 is 14.3 Å². The Labute approximate surface area is 163 Å². The van der Waals surface area contributed by atoms with Gasteiger partial charge in [0.25, 0.3) is 0 Å². The van der Waals surface area contributed by atoms with E-state index in [4.69, 9.17) is 17.0 Å². The lowest BCUT2D eigenvalue weighted by molar-refractivity contribution is -0.127. The second kappa shape index (κ2) is 8.81. The Kier molecular flexibility index (Phi) is 6.48. The fourth-order valence-corrected chi connectivity index (χ4v) is 5.08. The first-order chi connectivity index (χ1) is 12.6. The fraction of sp³-hybridized carbons (Fsp3) is 0.611. The van der Waals surface area contributed by atoms with Crippen molar-refractivity contribution in [2.24, 2.45) is 0 Å². The smallest absolute Gasteiger partial charge is 0.341 e. The number of anilines is 1. The Morgan fingerprint density at radius 1 is 1.27 bits per heavy atom. The summed E-state index contributed by atoms with van der Waals surface area (Å²) in [5.74, 6) is -0.0557. The number of ether oxygens (including phenoxy) is 1. The highest BCUT2D eigenvalue weighted by Gasteiger charge is 2.26. The third-order valence-electron chi connectivity index (χ3n) is 4.85. The van der Waals surface area contributed by atoms with Gasteiger partial charge in [-0.2, -0.15) is 0 Å². The zero-order valence-corrected chi connectivity index (χ0v) is 16.7. The molecule has 0 spiro atoms. The van der Waals surface area contributed by atoms with Crippen LogP contribution >= 0.6 is 23.6 Å². The minimum atomic E-state index is -0.303. The molecule has 3 rings (SSSR count). The number of fused-ring (bicyclic) bond motifs is 1. The number of carbonyl (C=O) groups is 2. The van der Waals surface area contributed by atoms with Crippen LogP contribution in [0.3, 0.4) is 0 Å². The Morgan fingerprint density at radius 2 is 2.08 bits per heavy atom. The molecule has 0 atom stereocenters. The number of hydrogen-bond acceptors (Lipinski definition) is 5. The number of thiocarbonyl (C=S) groups is 1. The molecule has 1 fully saturated rings. The molecule has 0 aromatic carbocycles. The topological polar surface area (TPSA) is 70.7 Å². The predicted octanol–water partition coefficient (Wildman–Crippen LogP) is 2.71. The first kappa shape index (κ1) is 19.1. The van der Waals surface area contributed by atoms with E-state index in [1.807, 2.05) is 4.90 Å². The normalized spacial score (nSPS) is 16.3. The second-order valence-corrected chi connectivity index (χ2v) is 8.14. The molecule has 1 amide bonds. The molecule has 1 aromatic heterocycles. The monoisotopic (exact) mass is 395 g/mol. The molecule has 1 aromatic rings. The molecule has 6 nitrogen and oxygen atoms in total. The average Bonchev–Trinajstić information content (AvgIpc) is 3.21. The number of nitrogens with one attached hydrogen (secondary N) is 2. The number of thiophene rings is 1. The number of hydrogen-bond donors (Lipinski definition) is 2. The number of likely N-dealkylation sites (tertiary alicyclic amines) is 1. The SMILES string of the molecule is COC(=O)c1c(NC(=S)NCCCN2CCCC2=O)sc2c1CCCC2. The first-order valence-electron chi connectivity index (χ1n) is 9.15. The Hall–Kier alpha value is -1.67. The van der Waals surface area contributed by atoms with E-state index < -0.39 is 0 Å². The summed E-state index contributed by atoms with van der Waals surface area (Å²) in [6, 6.07) is 0. The standard InChI is InChI=1S/C18H25N3O3S2/c1-24-17(23)15-12-6-2-3-7-13(12)26-16(15)20-18(25)19-9-5-11-21-10-4-8-14(21)22/h2-11H2,1H3,(H2,19,20,25). The molecule has 1 aliphatic carbocycles. The molecule has 2 heterocycles. The fourth-order valence-electron chi connectivity index (χ4n) is 3.53. The largest absolute Gasteiger partial charge is 0.465 e. The highest BCUT2D eigenvalue weighted by molar-refractivity contribution is 7.80. The van der Waals surface area contributed by atoms with Crippen molar-refractivity contribution in [2.45, 2.75) is 44.9 Å². The van der Waals surface area contributed by atoms with E-state index in [2.05, 4.69) is 10.6 Å². The van der Waals surface area contributed by atoms with Gasteiger partial charge in [0.05, 0.1) is 12.7 Å². The third-order valence-corrected chi connectivity index (χ3v) is 6.30. The van der Waals surface area contributed by atoms with Crippen LogP contribution in [-0.4, -0.2) is 48.6 Å². The van der Waals surface area contributed by atoms with E-state index in [9.17, 15) is 9.59 Å². The molecule has 1 aliphatic heterocycles.